The van der Waals surface area contributed by atoms with Crippen molar-refractivity contribution in [2.45, 2.75) is 26.9 Å². The van der Waals surface area contributed by atoms with Crippen molar-refractivity contribution in [2.75, 3.05) is 7.11 Å². The first-order valence-corrected chi connectivity index (χ1v) is 5.56. The number of hydrogen-bond acceptors (Lipinski definition) is 3. The van der Waals surface area contributed by atoms with Gasteiger partial charge in [-0.1, -0.05) is 18.2 Å². The Morgan fingerprint density at radius 1 is 1.35 bits per heavy atom. The predicted molar refractivity (Wildman–Crippen MR) is 68.5 cm³/mol. The highest BCUT2D eigenvalue weighted by Crippen LogP contribution is 2.29. The highest BCUT2D eigenvalue weighted by atomic mass is 16.5. The standard InChI is InChI=1S/C14H18O3/c1-5-6-12-7-8-13(14(9-12)16-4)17-11(3)10(2)15/h5-9,11H,1-4H3/b6-5+. The average Bonchev–Trinajstić information content (AvgIpc) is 2.31. The van der Waals surface area contributed by atoms with E-state index < -0.39 is 6.10 Å². The van der Waals surface area contributed by atoms with Gasteiger partial charge in [-0.15, -0.1) is 0 Å². The summed E-state index contributed by atoms with van der Waals surface area (Å²) in [4.78, 5) is 11.1. The molecule has 0 saturated carbocycles. The molecule has 92 valence electrons. The largest absolute Gasteiger partial charge is 0.493 e. The van der Waals surface area contributed by atoms with E-state index >= 15 is 0 Å². The highest BCUT2D eigenvalue weighted by Gasteiger charge is 2.12. The van der Waals surface area contributed by atoms with E-state index in [1.54, 1.807) is 14.0 Å². The summed E-state index contributed by atoms with van der Waals surface area (Å²) in [6.07, 6.45) is 3.46. The summed E-state index contributed by atoms with van der Waals surface area (Å²) < 4.78 is 10.8. The van der Waals surface area contributed by atoms with Gasteiger partial charge < -0.3 is 9.47 Å². The summed E-state index contributed by atoms with van der Waals surface area (Å²) in [7, 11) is 1.58. The van der Waals surface area contributed by atoms with Crippen LogP contribution in [0.2, 0.25) is 0 Å². The maximum Gasteiger partial charge on any atom is 0.169 e. The predicted octanol–water partition coefficient (Wildman–Crippen LogP) is 3.08. The van der Waals surface area contributed by atoms with Crippen LogP contribution in [0.15, 0.2) is 24.3 Å². The smallest absolute Gasteiger partial charge is 0.169 e. The molecule has 3 heteroatoms. The van der Waals surface area contributed by atoms with Crippen LogP contribution in [0.1, 0.15) is 26.3 Å². The zero-order valence-electron chi connectivity index (χ0n) is 10.7. The molecular formula is C14H18O3. The van der Waals surface area contributed by atoms with Crippen molar-refractivity contribution in [2.24, 2.45) is 0 Å². The second-order valence-electron chi connectivity index (χ2n) is 3.78. The molecule has 1 atom stereocenters. The van der Waals surface area contributed by atoms with E-state index in [0.717, 1.165) is 5.56 Å². The summed E-state index contributed by atoms with van der Waals surface area (Å²) in [5.41, 5.74) is 1.03. The number of benzene rings is 1. The molecule has 0 spiro atoms. The van der Waals surface area contributed by atoms with Gasteiger partial charge in [0.15, 0.2) is 23.4 Å². The maximum absolute atomic E-state index is 11.1. The number of hydrogen-bond donors (Lipinski definition) is 0. The topological polar surface area (TPSA) is 35.5 Å². The number of carbonyl (C=O) groups excluding carboxylic acids is 1. The molecule has 1 rings (SSSR count). The monoisotopic (exact) mass is 234 g/mol. The molecule has 3 nitrogen and oxygen atoms in total. The van der Waals surface area contributed by atoms with Crippen molar-refractivity contribution < 1.29 is 14.3 Å². The second kappa shape index (κ2) is 6.09. The number of rotatable bonds is 5. The highest BCUT2D eigenvalue weighted by molar-refractivity contribution is 5.80. The Hall–Kier alpha value is -1.77. The molecule has 0 aliphatic heterocycles. The fourth-order valence-corrected chi connectivity index (χ4v) is 1.35. The minimum absolute atomic E-state index is 0.00964. The summed E-state index contributed by atoms with van der Waals surface area (Å²) in [6.45, 7) is 5.18. The van der Waals surface area contributed by atoms with Crippen LogP contribution < -0.4 is 9.47 Å². The lowest BCUT2D eigenvalue weighted by Crippen LogP contribution is -2.20. The van der Waals surface area contributed by atoms with Crippen molar-refractivity contribution >= 4 is 11.9 Å². The van der Waals surface area contributed by atoms with E-state index in [0.29, 0.717) is 11.5 Å². The Bertz CT molecular complexity index is 421. The molecule has 0 aliphatic rings. The molecule has 17 heavy (non-hydrogen) atoms. The van der Waals surface area contributed by atoms with Crippen LogP contribution in [0.25, 0.3) is 6.08 Å². The van der Waals surface area contributed by atoms with Crippen LogP contribution in [0.4, 0.5) is 0 Å². The van der Waals surface area contributed by atoms with Gasteiger partial charge in [0.25, 0.3) is 0 Å². The first-order valence-electron chi connectivity index (χ1n) is 5.56. The molecular weight excluding hydrogens is 216 g/mol. The molecule has 1 aromatic rings. The summed E-state index contributed by atoms with van der Waals surface area (Å²) in [5.74, 6) is 1.21. The van der Waals surface area contributed by atoms with Gasteiger partial charge in [-0.3, -0.25) is 4.79 Å². The van der Waals surface area contributed by atoms with E-state index in [4.69, 9.17) is 9.47 Å². The van der Waals surface area contributed by atoms with E-state index in [1.165, 1.54) is 6.92 Å². The Morgan fingerprint density at radius 3 is 2.59 bits per heavy atom. The third kappa shape index (κ3) is 3.63. The molecule has 0 N–H and O–H groups in total. The number of carbonyl (C=O) groups is 1. The van der Waals surface area contributed by atoms with Crippen LogP contribution in [0, 0.1) is 0 Å². The van der Waals surface area contributed by atoms with Crippen LogP contribution in [-0.4, -0.2) is 19.0 Å². The number of methoxy groups -OCH3 is 1. The number of ether oxygens (including phenoxy) is 2. The van der Waals surface area contributed by atoms with E-state index in [1.807, 2.05) is 37.3 Å². The van der Waals surface area contributed by atoms with Gasteiger partial charge in [-0.2, -0.15) is 0 Å². The molecule has 0 heterocycles. The van der Waals surface area contributed by atoms with Crippen molar-refractivity contribution in [1.82, 2.24) is 0 Å². The Kier molecular flexibility index (Phi) is 4.76. The van der Waals surface area contributed by atoms with Crippen LogP contribution in [0.5, 0.6) is 11.5 Å². The lowest BCUT2D eigenvalue weighted by atomic mass is 10.2. The summed E-state index contributed by atoms with van der Waals surface area (Å²) in [6, 6.07) is 5.61. The van der Waals surface area contributed by atoms with Gasteiger partial charge >= 0.3 is 0 Å². The lowest BCUT2D eigenvalue weighted by molar-refractivity contribution is -0.122. The minimum atomic E-state index is -0.462. The number of ketones is 1. The molecule has 0 fully saturated rings. The fourth-order valence-electron chi connectivity index (χ4n) is 1.35. The minimum Gasteiger partial charge on any atom is -0.493 e. The summed E-state index contributed by atoms with van der Waals surface area (Å²) in [5, 5.41) is 0. The molecule has 0 amide bonds. The molecule has 0 saturated heterocycles. The van der Waals surface area contributed by atoms with Gasteiger partial charge in [0, 0.05) is 0 Å². The van der Waals surface area contributed by atoms with Gasteiger partial charge in [0.05, 0.1) is 7.11 Å². The molecule has 0 aliphatic carbocycles. The molecule has 0 aromatic heterocycles. The fraction of sp³-hybridized carbons (Fsp3) is 0.357. The summed E-state index contributed by atoms with van der Waals surface area (Å²) >= 11 is 0. The lowest BCUT2D eigenvalue weighted by Gasteiger charge is -2.15. The van der Waals surface area contributed by atoms with Crippen molar-refractivity contribution in [1.29, 1.82) is 0 Å². The number of Topliss-reactive ketones (excluding diaryl/α,β-unsaturated/α-hetero) is 1. The van der Waals surface area contributed by atoms with Gasteiger partial charge in [-0.05, 0) is 38.5 Å². The zero-order valence-corrected chi connectivity index (χ0v) is 10.7. The first kappa shape index (κ1) is 13.3. The van der Waals surface area contributed by atoms with Crippen molar-refractivity contribution in [3.8, 4) is 11.5 Å². The first-order chi connectivity index (χ1) is 8.08. The van der Waals surface area contributed by atoms with Crippen LogP contribution in [0.3, 0.4) is 0 Å². The Morgan fingerprint density at radius 2 is 2.06 bits per heavy atom. The Balaban J connectivity index is 2.96. The third-order valence-electron chi connectivity index (χ3n) is 2.42. The molecule has 1 unspecified atom stereocenters. The van der Waals surface area contributed by atoms with Gasteiger partial charge in [-0.25, -0.2) is 0 Å². The number of allylic oxidation sites excluding steroid dienone is 1. The van der Waals surface area contributed by atoms with E-state index in [2.05, 4.69) is 0 Å². The van der Waals surface area contributed by atoms with Crippen LogP contribution >= 0.6 is 0 Å². The molecule has 0 bridgehead atoms. The quantitative estimate of drug-likeness (QED) is 0.785. The van der Waals surface area contributed by atoms with Gasteiger partial charge in [0.2, 0.25) is 0 Å². The average molecular weight is 234 g/mol. The van der Waals surface area contributed by atoms with Crippen molar-refractivity contribution in [3.63, 3.8) is 0 Å². The van der Waals surface area contributed by atoms with Crippen molar-refractivity contribution in [3.05, 3.63) is 29.8 Å². The van der Waals surface area contributed by atoms with E-state index in [9.17, 15) is 4.79 Å². The van der Waals surface area contributed by atoms with Crippen LogP contribution in [-0.2, 0) is 4.79 Å². The third-order valence-corrected chi connectivity index (χ3v) is 2.42. The molecule has 0 radical (unpaired) electrons. The Labute approximate surface area is 102 Å². The second-order valence-corrected chi connectivity index (χ2v) is 3.78. The molecule has 1 aromatic carbocycles. The maximum atomic E-state index is 11.1. The van der Waals surface area contributed by atoms with E-state index in [-0.39, 0.29) is 5.78 Å². The zero-order chi connectivity index (χ0) is 12.8. The SMILES string of the molecule is C/C=C/c1ccc(OC(C)C(C)=O)c(OC)c1. The normalized spacial score (nSPS) is 12.5. The van der Waals surface area contributed by atoms with Gasteiger partial charge in [0.1, 0.15) is 0 Å².